The molecule has 1 rings (SSSR count). The fourth-order valence-corrected chi connectivity index (χ4v) is 8.54. The first-order valence-corrected chi connectivity index (χ1v) is 26.9. The molecule has 1 aliphatic rings. The summed E-state index contributed by atoms with van der Waals surface area (Å²) in [6.07, 6.45) is 40.7. The molecular formula is C54H101NO10. The van der Waals surface area contributed by atoms with E-state index < -0.39 is 74.2 Å². The van der Waals surface area contributed by atoms with Gasteiger partial charge in [-0.15, -0.1) is 0 Å². The minimum Gasteiger partial charge on any atom is -0.394 e. The zero-order chi connectivity index (χ0) is 47.6. The average Bonchev–Trinajstić information content (AvgIpc) is 3.31. The van der Waals surface area contributed by atoms with Crippen molar-refractivity contribution in [3.63, 3.8) is 0 Å². The Morgan fingerprint density at radius 2 is 0.954 bits per heavy atom. The molecule has 1 amide bonds. The highest BCUT2D eigenvalue weighted by atomic mass is 16.7. The van der Waals surface area contributed by atoms with E-state index in [0.717, 1.165) is 51.4 Å². The summed E-state index contributed by atoms with van der Waals surface area (Å²) in [6.45, 7) is 3.33. The molecule has 0 aromatic carbocycles. The van der Waals surface area contributed by atoms with Crippen molar-refractivity contribution in [3.8, 4) is 0 Å². The highest BCUT2D eigenvalue weighted by Crippen LogP contribution is 2.23. The summed E-state index contributed by atoms with van der Waals surface area (Å²) < 4.78 is 11.1. The molecule has 1 aliphatic heterocycles. The van der Waals surface area contributed by atoms with Gasteiger partial charge in [0.25, 0.3) is 0 Å². The summed E-state index contributed by atoms with van der Waals surface area (Å²) in [5.74, 6) is -0.711. The summed E-state index contributed by atoms with van der Waals surface area (Å²) in [7, 11) is 0. The van der Waals surface area contributed by atoms with Gasteiger partial charge in [0.1, 0.15) is 36.6 Å². The zero-order valence-electron chi connectivity index (χ0n) is 41.5. The molecule has 8 N–H and O–H groups in total. The quantitative estimate of drug-likeness (QED) is 0.0216. The third kappa shape index (κ3) is 32.7. The van der Waals surface area contributed by atoms with Crippen LogP contribution in [-0.4, -0.2) is 110 Å². The van der Waals surface area contributed by atoms with Crippen molar-refractivity contribution in [2.75, 3.05) is 13.2 Å². The van der Waals surface area contributed by atoms with Crippen LogP contribution in [0.5, 0.6) is 0 Å². The van der Waals surface area contributed by atoms with Crippen LogP contribution in [0.3, 0.4) is 0 Å². The van der Waals surface area contributed by atoms with Gasteiger partial charge in [-0.25, -0.2) is 0 Å². The number of nitrogens with one attached hydrogen (secondary N) is 1. The van der Waals surface area contributed by atoms with E-state index in [0.29, 0.717) is 19.3 Å². The molecule has 0 radical (unpaired) electrons. The monoisotopic (exact) mass is 924 g/mol. The van der Waals surface area contributed by atoms with E-state index in [1.807, 2.05) is 0 Å². The molecule has 11 heteroatoms. The molecule has 1 heterocycles. The lowest BCUT2D eigenvalue weighted by Gasteiger charge is -2.40. The van der Waals surface area contributed by atoms with Gasteiger partial charge in [0, 0.05) is 0 Å². The van der Waals surface area contributed by atoms with Crippen LogP contribution in [0.25, 0.3) is 0 Å². The molecule has 0 aromatic rings. The van der Waals surface area contributed by atoms with Gasteiger partial charge < -0.3 is 50.5 Å². The second-order valence-electron chi connectivity index (χ2n) is 18.9. The number of hydrogen-bond donors (Lipinski definition) is 8. The van der Waals surface area contributed by atoms with Crippen LogP contribution in [0, 0.1) is 0 Å². The molecule has 1 fully saturated rings. The lowest BCUT2D eigenvalue weighted by Crippen LogP contribution is -2.60. The third-order valence-corrected chi connectivity index (χ3v) is 12.9. The average molecular weight is 924 g/mol. The smallest absolute Gasteiger partial charge is 0.249 e. The van der Waals surface area contributed by atoms with Gasteiger partial charge in [-0.05, 0) is 57.8 Å². The maximum absolute atomic E-state index is 13.1. The number of amides is 1. The van der Waals surface area contributed by atoms with Crippen LogP contribution in [0.15, 0.2) is 36.5 Å². The Morgan fingerprint density at radius 3 is 1.38 bits per heavy atom. The molecule has 1 saturated heterocycles. The fourth-order valence-electron chi connectivity index (χ4n) is 8.54. The topological polar surface area (TPSA) is 189 Å². The molecule has 9 unspecified atom stereocenters. The molecule has 65 heavy (non-hydrogen) atoms. The molecule has 11 nitrogen and oxygen atoms in total. The van der Waals surface area contributed by atoms with E-state index in [2.05, 4.69) is 55.6 Å². The molecule has 0 aromatic heterocycles. The largest absolute Gasteiger partial charge is 0.394 e. The maximum Gasteiger partial charge on any atom is 0.249 e. The highest BCUT2D eigenvalue weighted by Gasteiger charge is 2.44. The number of ether oxygens (including phenoxy) is 2. The Hall–Kier alpha value is -1.67. The van der Waals surface area contributed by atoms with Crippen molar-refractivity contribution in [2.24, 2.45) is 0 Å². The van der Waals surface area contributed by atoms with Crippen molar-refractivity contribution in [1.29, 1.82) is 0 Å². The van der Waals surface area contributed by atoms with E-state index >= 15 is 0 Å². The van der Waals surface area contributed by atoms with Crippen molar-refractivity contribution in [1.82, 2.24) is 5.32 Å². The minimum atomic E-state index is -1.67. The minimum absolute atomic E-state index is 0.241. The van der Waals surface area contributed by atoms with Crippen LogP contribution in [0.1, 0.15) is 232 Å². The van der Waals surface area contributed by atoms with E-state index in [1.165, 1.54) is 135 Å². The zero-order valence-corrected chi connectivity index (χ0v) is 41.5. The first-order valence-electron chi connectivity index (χ1n) is 26.9. The maximum atomic E-state index is 13.1. The van der Waals surface area contributed by atoms with Gasteiger partial charge >= 0.3 is 0 Å². The second kappa shape index (κ2) is 43.6. The number of aliphatic hydroxyl groups excluding tert-OH is 7. The predicted octanol–water partition coefficient (Wildman–Crippen LogP) is 10.3. The van der Waals surface area contributed by atoms with Crippen molar-refractivity contribution < 1.29 is 50.0 Å². The number of carbonyl (C=O) groups is 1. The molecule has 0 bridgehead atoms. The lowest BCUT2D eigenvalue weighted by atomic mass is 9.98. The van der Waals surface area contributed by atoms with Gasteiger partial charge in [-0.2, -0.15) is 0 Å². The van der Waals surface area contributed by atoms with Crippen molar-refractivity contribution >= 4 is 5.91 Å². The second-order valence-corrected chi connectivity index (χ2v) is 18.9. The number of unbranched alkanes of at least 4 members (excludes halogenated alkanes) is 27. The standard InChI is InChI=1S/C54H101NO10/c1-3-5-7-9-11-13-15-17-18-19-20-21-22-23-24-25-26-27-28-30-32-34-36-38-40-42-47(58)53(63)55-45(44-64-54-52(62)51(61)50(60)48(43-56)65-54)49(59)46(57)41-39-37-35-33-31-29-16-14-12-10-8-6-4-2/h6,8,14,16,33,35,45-52,54,56-62H,3-5,7,9-13,15,17-32,34,36-44H2,1-2H3,(H,55,63)/b8-6+,16-14+,35-33+. The Morgan fingerprint density at radius 1 is 0.538 bits per heavy atom. The SMILES string of the molecule is CC/C=C/CC/C=C/CC/C=C/CCCC(O)C(O)C(COC1OC(CO)C(O)C(O)C1O)NC(=O)C(O)CCCCCCCCCCCCCCCCCCCCCCCCCCC. The van der Waals surface area contributed by atoms with Crippen LogP contribution >= 0.6 is 0 Å². The van der Waals surface area contributed by atoms with Crippen molar-refractivity contribution in [2.45, 2.75) is 287 Å². The number of aliphatic hydroxyl groups is 7. The Kier molecular flexibility index (Phi) is 41.1. The van der Waals surface area contributed by atoms with Crippen LogP contribution in [0.4, 0.5) is 0 Å². The fraction of sp³-hybridized carbons (Fsp3) is 0.870. The summed E-state index contributed by atoms with van der Waals surface area (Å²) in [5, 5.41) is 75.8. The Balaban J connectivity index is 2.31. The number of allylic oxidation sites excluding steroid dienone is 6. The number of rotatable bonds is 45. The van der Waals surface area contributed by atoms with E-state index in [1.54, 1.807) is 0 Å². The van der Waals surface area contributed by atoms with Crippen molar-refractivity contribution in [3.05, 3.63) is 36.5 Å². The first kappa shape index (κ1) is 61.3. The van der Waals surface area contributed by atoms with Crippen LogP contribution < -0.4 is 5.32 Å². The number of hydrogen-bond acceptors (Lipinski definition) is 10. The Bertz CT molecular complexity index is 1150. The molecule has 382 valence electrons. The first-order chi connectivity index (χ1) is 31.7. The molecular weight excluding hydrogens is 823 g/mol. The van der Waals surface area contributed by atoms with Gasteiger partial charge in [0.05, 0.1) is 25.4 Å². The van der Waals surface area contributed by atoms with E-state index in [-0.39, 0.29) is 12.8 Å². The molecule has 0 saturated carbocycles. The predicted molar refractivity (Wildman–Crippen MR) is 265 cm³/mol. The highest BCUT2D eigenvalue weighted by molar-refractivity contribution is 5.80. The van der Waals surface area contributed by atoms with E-state index in [9.17, 15) is 40.5 Å². The molecule has 0 aliphatic carbocycles. The lowest BCUT2D eigenvalue weighted by molar-refractivity contribution is -0.303. The van der Waals surface area contributed by atoms with Crippen LogP contribution in [-0.2, 0) is 14.3 Å². The van der Waals surface area contributed by atoms with Gasteiger partial charge in [0.2, 0.25) is 5.91 Å². The number of carbonyl (C=O) groups excluding carboxylic acids is 1. The van der Waals surface area contributed by atoms with Gasteiger partial charge in [0.15, 0.2) is 6.29 Å². The van der Waals surface area contributed by atoms with Gasteiger partial charge in [-0.1, -0.05) is 211 Å². The third-order valence-electron chi connectivity index (χ3n) is 12.9. The molecule has 0 spiro atoms. The summed E-state index contributed by atoms with van der Waals surface area (Å²) in [5.41, 5.74) is 0. The van der Waals surface area contributed by atoms with Gasteiger partial charge in [-0.3, -0.25) is 4.79 Å². The molecule has 9 atom stereocenters. The normalized spacial score (nSPS) is 21.2. The summed E-state index contributed by atoms with van der Waals surface area (Å²) in [6, 6.07) is -1.19. The summed E-state index contributed by atoms with van der Waals surface area (Å²) >= 11 is 0. The Labute approximate surface area is 397 Å². The summed E-state index contributed by atoms with van der Waals surface area (Å²) in [4.78, 5) is 13.1. The van der Waals surface area contributed by atoms with E-state index in [4.69, 9.17) is 9.47 Å². The van der Waals surface area contributed by atoms with Crippen LogP contribution in [0.2, 0.25) is 0 Å².